The molecule has 7 heteroatoms. The van der Waals surface area contributed by atoms with E-state index >= 15 is 0 Å². The maximum atomic E-state index is 12.9. The van der Waals surface area contributed by atoms with Gasteiger partial charge in [0.15, 0.2) is 0 Å². The average Bonchev–Trinajstić information content (AvgIpc) is 2.52. The summed E-state index contributed by atoms with van der Waals surface area (Å²) < 4.78 is 29.3. The number of methoxy groups -OCH3 is 1. The van der Waals surface area contributed by atoms with Crippen molar-refractivity contribution in [2.45, 2.75) is 44.9 Å². The summed E-state index contributed by atoms with van der Waals surface area (Å²) in [4.78, 5) is 14.3. The van der Waals surface area contributed by atoms with Gasteiger partial charge in [-0.3, -0.25) is 4.79 Å². The van der Waals surface area contributed by atoms with Crippen LogP contribution in [0.5, 0.6) is 5.75 Å². The molecular formula is C16H26N2O4S. The fourth-order valence-electron chi connectivity index (χ4n) is 2.46. The van der Waals surface area contributed by atoms with Crippen LogP contribution in [0.4, 0.5) is 0 Å². The standard InChI is InChI=1S/C16H26N2O4S/c1-6-11(4)13-9-12(22-5)10-14(23(17,20)21)15(13)16(19)18(7-2)8-3/h9-11H,6-8H2,1-5H3,(H2,17,20,21). The molecule has 0 bridgehead atoms. The quantitative estimate of drug-likeness (QED) is 0.823. The second-order valence-electron chi connectivity index (χ2n) is 5.42. The first-order chi connectivity index (χ1) is 10.7. The number of nitrogens with two attached hydrogens (primary N) is 1. The van der Waals surface area contributed by atoms with E-state index in [1.165, 1.54) is 13.2 Å². The van der Waals surface area contributed by atoms with Crippen LogP contribution in [0.1, 0.15) is 56.0 Å². The third-order valence-corrected chi connectivity index (χ3v) is 4.99. The molecule has 1 unspecified atom stereocenters. The van der Waals surface area contributed by atoms with Gasteiger partial charge in [-0.2, -0.15) is 0 Å². The first-order valence-corrected chi connectivity index (χ1v) is 9.29. The van der Waals surface area contributed by atoms with Crippen LogP contribution in [0.2, 0.25) is 0 Å². The van der Waals surface area contributed by atoms with E-state index in [-0.39, 0.29) is 22.3 Å². The van der Waals surface area contributed by atoms with Gasteiger partial charge in [0, 0.05) is 19.2 Å². The molecule has 2 N–H and O–H groups in total. The molecule has 0 saturated heterocycles. The van der Waals surface area contributed by atoms with Crippen LogP contribution in [0.15, 0.2) is 17.0 Å². The van der Waals surface area contributed by atoms with Crippen molar-refractivity contribution in [2.24, 2.45) is 5.14 Å². The maximum Gasteiger partial charge on any atom is 0.255 e. The number of rotatable bonds is 7. The summed E-state index contributed by atoms with van der Waals surface area (Å²) in [7, 11) is -2.60. The van der Waals surface area contributed by atoms with Crippen LogP contribution in [-0.4, -0.2) is 39.4 Å². The van der Waals surface area contributed by atoms with E-state index in [2.05, 4.69) is 0 Å². The number of hydrogen-bond donors (Lipinski definition) is 1. The molecule has 0 aromatic heterocycles. The molecule has 0 radical (unpaired) electrons. The fourth-order valence-corrected chi connectivity index (χ4v) is 3.23. The van der Waals surface area contributed by atoms with E-state index in [1.54, 1.807) is 11.0 Å². The smallest absolute Gasteiger partial charge is 0.255 e. The highest BCUT2D eigenvalue weighted by atomic mass is 32.2. The van der Waals surface area contributed by atoms with Crippen molar-refractivity contribution in [3.63, 3.8) is 0 Å². The van der Waals surface area contributed by atoms with Crippen molar-refractivity contribution in [1.82, 2.24) is 4.90 Å². The highest BCUT2D eigenvalue weighted by Crippen LogP contribution is 2.33. The molecular weight excluding hydrogens is 316 g/mol. The molecule has 130 valence electrons. The number of sulfonamides is 1. The highest BCUT2D eigenvalue weighted by Gasteiger charge is 2.28. The molecule has 0 heterocycles. The van der Waals surface area contributed by atoms with Crippen molar-refractivity contribution < 1.29 is 17.9 Å². The molecule has 0 saturated carbocycles. The first-order valence-electron chi connectivity index (χ1n) is 7.75. The van der Waals surface area contributed by atoms with Gasteiger partial charge in [-0.25, -0.2) is 13.6 Å². The molecule has 1 atom stereocenters. The van der Waals surface area contributed by atoms with Gasteiger partial charge in [0.25, 0.3) is 5.91 Å². The van der Waals surface area contributed by atoms with Crippen LogP contribution in [-0.2, 0) is 10.0 Å². The van der Waals surface area contributed by atoms with Gasteiger partial charge < -0.3 is 9.64 Å². The Kier molecular flexibility index (Phi) is 6.58. The van der Waals surface area contributed by atoms with Gasteiger partial charge in [0.2, 0.25) is 10.0 Å². The van der Waals surface area contributed by atoms with Crippen LogP contribution in [0.3, 0.4) is 0 Å². The van der Waals surface area contributed by atoms with Gasteiger partial charge in [0.1, 0.15) is 5.75 Å². The van der Waals surface area contributed by atoms with E-state index in [1.807, 2.05) is 27.7 Å². The molecule has 1 rings (SSSR count). The zero-order valence-corrected chi connectivity index (χ0v) is 15.2. The Hall–Kier alpha value is -1.60. The molecule has 0 spiro atoms. The molecule has 23 heavy (non-hydrogen) atoms. The van der Waals surface area contributed by atoms with Crippen LogP contribution >= 0.6 is 0 Å². The predicted octanol–water partition coefficient (Wildman–Crippen LogP) is 2.34. The third kappa shape index (κ3) is 4.23. The minimum Gasteiger partial charge on any atom is -0.497 e. The zero-order valence-electron chi connectivity index (χ0n) is 14.4. The van der Waals surface area contributed by atoms with Gasteiger partial charge in [-0.1, -0.05) is 13.8 Å². The van der Waals surface area contributed by atoms with Crippen molar-refractivity contribution in [3.8, 4) is 5.75 Å². The fraction of sp³-hybridized carbons (Fsp3) is 0.562. The zero-order chi connectivity index (χ0) is 17.8. The number of carbonyl (C=O) groups excluding carboxylic acids is 1. The van der Waals surface area contributed by atoms with E-state index in [4.69, 9.17) is 9.88 Å². The predicted molar refractivity (Wildman–Crippen MR) is 90.3 cm³/mol. The number of hydrogen-bond acceptors (Lipinski definition) is 4. The Bertz CT molecular complexity index is 667. The van der Waals surface area contributed by atoms with Crippen molar-refractivity contribution in [2.75, 3.05) is 20.2 Å². The summed E-state index contributed by atoms with van der Waals surface area (Å²) in [6.07, 6.45) is 0.760. The lowest BCUT2D eigenvalue weighted by atomic mass is 9.92. The molecule has 0 aliphatic carbocycles. The monoisotopic (exact) mass is 342 g/mol. The van der Waals surface area contributed by atoms with Crippen LogP contribution < -0.4 is 9.88 Å². The Morgan fingerprint density at radius 2 is 1.83 bits per heavy atom. The number of carbonyl (C=O) groups is 1. The molecule has 0 fully saturated rings. The summed E-state index contributed by atoms with van der Waals surface area (Å²) >= 11 is 0. The first kappa shape index (κ1) is 19.4. The third-order valence-electron chi connectivity index (χ3n) is 4.06. The number of benzene rings is 1. The van der Waals surface area contributed by atoms with Crippen LogP contribution in [0.25, 0.3) is 0 Å². The largest absolute Gasteiger partial charge is 0.497 e. The Morgan fingerprint density at radius 1 is 1.26 bits per heavy atom. The van der Waals surface area contributed by atoms with Crippen LogP contribution in [0, 0.1) is 0 Å². The second-order valence-corrected chi connectivity index (χ2v) is 6.95. The SMILES string of the molecule is CCC(C)c1cc(OC)cc(S(N)(=O)=O)c1C(=O)N(CC)CC. The lowest BCUT2D eigenvalue weighted by Gasteiger charge is -2.24. The maximum absolute atomic E-state index is 12.9. The summed E-state index contributed by atoms with van der Waals surface area (Å²) in [6, 6.07) is 3.04. The van der Waals surface area contributed by atoms with Gasteiger partial charge >= 0.3 is 0 Å². The Balaban J connectivity index is 3.77. The Morgan fingerprint density at radius 3 is 2.22 bits per heavy atom. The minimum absolute atomic E-state index is 0.000104. The van der Waals surface area contributed by atoms with E-state index in [0.717, 1.165) is 6.42 Å². The van der Waals surface area contributed by atoms with Gasteiger partial charge in [-0.15, -0.1) is 0 Å². The summed E-state index contributed by atoms with van der Waals surface area (Å²) in [5.41, 5.74) is 0.805. The number of amides is 1. The van der Waals surface area contributed by atoms with Gasteiger partial charge in [0.05, 0.1) is 17.6 Å². The lowest BCUT2D eigenvalue weighted by Crippen LogP contribution is -2.33. The minimum atomic E-state index is -4.05. The number of nitrogens with zero attached hydrogens (tertiary/aromatic N) is 1. The normalized spacial score (nSPS) is 12.8. The van der Waals surface area contributed by atoms with Crippen molar-refractivity contribution >= 4 is 15.9 Å². The summed E-state index contributed by atoms with van der Waals surface area (Å²) in [6.45, 7) is 8.61. The molecule has 0 aliphatic heterocycles. The lowest BCUT2D eigenvalue weighted by molar-refractivity contribution is 0.0767. The van der Waals surface area contributed by atoms with E-state index < -0.39 is 10.0 Å². The highest BCUT2D eigenvalue weighted by molar-refractivity contribution is 7.89. The number of primary sulfonamides is 1. The van der Waals surface area contributed by atoms with Gasteiger partial charge in [-0.05, 0) is 37.8 Å². The average molecular weight is 342 g/mol. The molecule has 6 nitrogen and oxygen atoms in total. The second kappa shape index (κ2) is 7.79. The summed E-state index contributed by atoms with van der Waals surface area (Å²) in [5, 5.41) is 5.36. The summed E-state index contributed by atoms with van der Waals surface area (Å²) in [5.74, 6) is 0.0533. The van der Waals surface area contributed by atoms with E-state index in [9.17, 15) is 13.2 Å². The topological polar surface area (TPSA) is 89.7 Å². The number of ether oxygens (including phenoxy) is 1. The molecule has 0 aliphatic rings. The van der Waals surface area contributed by atoms with Crippen molar-refractivity contribution in [3.05, 3.63) is 23.3 Å². The molecule has 1 aromatic rings. The molecule has 1 amide bonds. The van der Waals surface area contributed by atoms with Crippen molar-refractivity contribution in [1.29, 1.82) is 0 Å². The molecule has 1 aromatic carbocycles. The van der Waals surface area contributed by atoms with E-state index in [0.29, 0.717) is 24.4 Å². The Labute approximate surface area is 138 Å².